The Kier molecular flexibility index (Phi) is 6.26. The number of hydrogen-bond donors (Lipinski definition) is 1. The third-order valence-corrected chi connectivity index (χ3v) is 5.57. The molecule has 0 aliphatic carbocycles. The van der Waals surface area contributed by atoms with Crippen LogP contribution in [0.15, 0.2) is 72.8 Å². The Bertz CT molecular complexity index is 955. The molecule has 0 aliphatic heterocycles. The summed E-state index contributed by atoms with van der Waals surface area (Å²) in [7, 11) is 7.29. The van der Waals surface area contributed by atoms with Gasteiger partial charge < -0.3 is 19.5 Å². The summed E-state index contributed by atoms with van der Waals surface area (Å²) < 4.78 is 10.9. The van der Waals surface area contributed by atoms with Crippen LogP contribution in [-0.2, 0) is 5.60 Å². The van der Waals surface area contributed by atoms with E-state index < -0.39 is 5.60 Å². The summed E-state index contributed by atoms with van der Waals surface area (Å²) in [6.07, 6.45) is 0. The third kappa shape index (κ3) is 3.86. The topological polar surface area (TPSA) is 41.9 Å². The Morgan fingerprint density at radius 3 is 2.03 bits per heavy atom. The SMILES string of the molecule is COc1ccc([C@@](O)(c2ccccc2)c2ccccc2[C@H](C)N(C)C)cc1OC. The first kappa shape index (κ1) is 20.9. The molecule has 0 unspecified atom stereocenters. The fourth-order valence-electron chi connectivity index (χ4n) is 3.69. The highest BCUT2D eigenvalue weighted by molar-refractivity contribution is 5.54. The van der Waals surface area contributed by atoms with Gasteiger partial charge >= 0.3 is 0 Å². The van der Waals surface area contributed by atoms with E-state index in [1.54, 1.807) is 14.2 Å². The predicted molar refractivity (Wildman–Crippen MR) is 117 cm³/mol. The standard InChI is InChI=1S/C25H29NO3/c1-18(26(2)3)21-13-9-10-14-22(21)25(27,19-11-7-6-8-12-19)20-15-16-23(28-4)24(17-20)29-5/h6-18,27H,1-5H3/t18-,25-/m0/s1. The highest BCUT2D eigenvalue weighted by atomic mass is 16.5. The van der Waals surface area contributed by atoms with Crippen LogP contribution >= 0.6 is 0 Å². The minimum absolute atomic E-state index is 0.126. The van der Waals surface area contributed by atoms with Gasteiger partial charge in [-0.3, -0.25) is 0 Å². The van der Waals surface area contributed by atoms with Crippen LogP contribution in [-0.4, -0.2) is 38.3 Å². The zero-order valence-electron chi connectivity index (χ0n) is 17.7. The van der Waals surface area contributed by atoms with E-state index in [9.17, 15) is 5.11 Å². The number of nitrogens with zero attached hydrogens (tertiary/aromatic N) is 1. The van der Waals surface area contributed by atoms with Gasteiger partial charge in [0.2, 0.25) is 0 Å². The molecule has 1 N–H and O–H groups in total. The van der Waals surface area contributed by atoms with Gasteiger partial charge in [-0.1, -0.05) is 60.7 Å². The van der Waals surface area contributed by atoms with E-state index in [-0.39, 0.29) is 6.04 Å². The number of hydrogen-bond acceptors (Lipinski definition) is 4. The number of aliphatic hydroxyl groups is 1. The van der Waals surface area contributed by atoms with E-state index in [0.29, 0.717) is 11.5 Å². The van der Waals surface area contributed by atoms with Crippen LogP contribution in [0.2, 0.25) is 0 Å². The lowest BCUT2D eigenvalue weighted by Gasteiger charge is -2.34. The van der Waals surface area contributed by atoms with Gasteiger partial charge in [0.25, 0.3) is 0 Å². The second-order valence-corrected chi connectivity index (χ2v) is 7.37. The molecule has 4 nitrogen and oxygen atoms in total. The minimum Gasteiger partial charge on any atom is -0.493 e. The van der Waals surface area contributed by atoms with Crippen molar-refractivity contribution < 1.29 is 14.6 Å². The predicted octanol–water partition coefficient (Wildman–Crippen LogP) is 4.61. The van der Waals surface area contributed by atoms with Gasteiger partial charge in [-0.2, -0.15) is 0 Å². The monoisotopic (exact) mass is 391 g/mol. The number of rotatable bonds is 7. The lowest BCUT2D eigenvalue weighted by Crippen LogP contribution is -2.32. The molecule has 3 aromatic rings. The zero-order chi connectivity index (χ0) is 21.0. The normalized spacial score (nSPS) is 14.3. The first-order chi connectivity index (χ1) is 13.9. The summed E-state index contributed by atoms with van der Waals surface area (Å²) in [5.74, 6) is 1.21. The highest BCUT2D eigenvalue weighted by Gasteiger charge is 2.37. The summed E-state index contributed by atoms with van der Waals surface area (Å²) >= 11 is 0. The van der Waals surface area contributed by atoms with Crippen molar-refractivity contribution >= 4 is 0 Å². The van der Waals surface area contributed by atoms with Crippen LogP contribution in [0.1, 0.15) is 35.2 Å². The zero-order valence-corrected chi connectivity index (χ0v) is 17.7. The maximum absolute atomic E-state index is 12.3. The molecule has 3 aromatic carbocycles. The second kappa shape index (κ2) is 8.68. The first-order valence-electron chi connectivity index (χ1n) is 9.69. The molecular formula is C25H29NO3. The van der Waals surface area contributed by atoms with E-state index >= 15 is 0 Å². The largest absolute Gasteiger partial charge is 0.493 e. The van der Waals surface area contributed by atoms with Crippen LogP contribution in [0.3, 0.4) is 0 Å². The summed E-state index contributed by atoms with van der Waals surface area (Å²) in [5.41, 5.74) is 2.09. The van der Waals surface area contributed by atoms with E-state index in [2.05, 4.69) is 17.9 Å². The van der Waals surface area contributed by atoms with Crippen LogP contribution in [0.25, 0.3) is 0 Å². The van der Waals surface area contributed by atoms with Crippen molar-refractivity contribution in [3.05, 3.63) is 95.1 Å². The quantitative estimate of drug-likeness (QED) is 0.597. The van der Waals surface area contributed by atoms with Gasteiger partial charge in [-0.05, 0) is 55.4 Å². The molecule has 0 spiro atoms. The van der Waals surface area contributed by atoms with Gasteiger partial charge in [0.05, 0.1) is 14.2 Å². The first-order valence-corrected chi connectivity index (χ1v) is 9.69. The number of ether oxygens (including phenoxy) is 2. The van der Waals surface area contributed by atoms with Crippen LogP contribution in [0.4, 0.5) is 0 Å². The van der Waals surface area contributed by atoms with Gasteiger partial charge in [0, 0.05) is 6.04 Å². The maximum atomic E-state index is 12.3. The highest BCUT2D eigenvalue weighted by Crippen LogP contribution is 2.43. The van der Waals surface area contributed by atoms with Crippen molar-refractivity contribution in [1.82, 2.24) is 4.90 Å². The Labute approximate surface area is 173 Å². The van der Waals surface area contributed by atoms with Crippen molar-refractivity contribution in [3.8, 4) is 11.5 Å². The maximum Gasteiger partial charge on any atom is 0.161 e. The van der Waals surface area contributed by atoms with Crippen LogP contribution < -0.4 is 9.47 Å². The molecule has 0 aliphatic rings. The molecule has 2 atom stereocenters. The summed E-state index contributed by atoms with van der Waals surface area (Å²) in [4.78, 5) is 2.14. The van der Waals surface area contributed by atoms with E-state index in [0.717, 1.165) is 22.3 Å². The molecule has 0 aromatic heterocycles. The van der Waals surface area contributed by atoms with Gasteiger partial charge in [0.15, 0.2) is 11.5 Å². The van der Waals surface area contributed by atoms with Crippen molar-refractivity contribution in [1.29, 1.82) is 0 Å². The number of methoxy groups -OCH3 is 2. The molecule has 0 amide bonds. The lowest BCUT2D eigenvalue weighted by atomic mass is 9.77. The Hall–Kier alpha value is -2.82. The van der Waals surface area contributed by atoms with Crippen LogP contribution in [0, 0.1) is 0 Å². The van der Waals surface area contributed by atoms with Crippen molar-refractivity contribution in [2.75, 3.05) is 28.3 Å². The molecular weight excluding hydrogens is 362 g/mol. The average molecular weight is 392 g/mol. The third-order valence-electron chi connectivity index (χ3n) is 5.57. The average Bonchev–Trinajstić information content (AvgIpc) is 2.78. The molecule has 152 valence electrons. The molecule has 0 heterocycles. The van der Waals surface area contributed by atoms with Crippen molar-refractivity contribution in [2.24, 2.45) is 0 Å². The fourth-order valence-corrected chi connectivity index (χ4v) is 3.69. The number of benzene rings is 3. The molecule has 4 heteroatoms. The van der Waals surface area contributed by atoms with Crippen molar-refractivity contribution in [2.45, 2.75) is 18.6 Å². The fraction of sp³-hybridized carbons (Fsp3) is 0.280. The van der Waals surface area contributed by atoms with Crippen LogP contribution in [0.5, 0.6) is 11.5 Å². The summed E-state index contributed by atoms with van der Waals surface area (Å²) in [5, 5.41) is 12.3. The molecule has 0 saturated carbocycles. The lowest BCUT2D eigenvalue weighted by molar-refractivity contribution is 0.122. The van der Waals surface area contributed by atoms with E-state index in [1.807, 2.05) is 80.8 Å². The molecule has 3 rings (SSSR count). The molecule has 0 bridgehead atoms. The second-order valence-electron chi connectivity index (χ2n) is 7.37. The molecule has 0 saturated heterocycles. The van der Waals surface area contributed by atoms with Gasteiger partial charge in [0.1, 0.15) is 5.60 Å². The molecule has 0 radical (unpaired) electrons. The minimum atomic E-state index is -1.35. The Balaban J connectivity index is 2.31. The van der Waals surface area contributed by atoms with Gasteiger partial charge in [-0.15, -0.1) is 0 Å². The van der Waals surface area contributed by atoms with Crippen molar-refractivity contribution in [3.63, 3.8) is 0 Å². The Morgan fingerprint density at radius 1 is 0.793 bits per heavy atom. The smallest absolute Gasteiger partial charge is 0.161 e. The van der Waals surface area contributed by atoms with Gasteiger partial charge in [-0.25, -0.2) is 0 Å². The summed E-state index contributed by atoms with van der Waals surface area (Å²) in [6, 6.07) is 23.5. The summed E-state index contributed by atoms with van der Waals surface area (Å²) in [6.45, 7) is 2.14. The molecule has 0 fully saturated rings. The Morgan fingerprint density at radius 2 is 1.41 bits per heavy atom. The molecule has 29 heavy (non-hydrogen) atoms. The van der Waals surface area contributed by atoms with E-state index in [4.69, 9.17) is 9.47 Å². The van der Waals surface area contributed by atoms with E-state index in [1.165, 1.54) is 0 Å².